The molecule has 19 heavy (non-hydrogen) atoms. The fourth-order valence-corrected chi connectivity index (χ4v) is 3.32. The maximum Gasteiger partial charge on any atom is 0.245 e. The van der Waals surface area contributed by atoms with Crippen molar-refractivity contribution < 1.29 is 4.79 Å². The van der Waals surface area contributed by atoms with Gasteiger partial charge in [-0.1, -0.05) is 25.1 Å². The Morgan fingerprint density at radius 1 is 1.47 bits per heavy atom. The second-order valence-electron chi connectivity index (χ2n) is 6.22. The third-order valence-electron chi connectivity index (χ3n) is 4.00. The molecule has 3 heteroatoms. The summed E-state index contributed by atoms with van der Waals surface area (Å²) in [6.45, 7) is 10.3. The molecule has 1 aromatic carbocycles. The highest BCUT2D eigenvalue weighted by Crippen LogP contribution is 2.45. The number of amides is 1. The van der Waals surface area contributed by atoms with Crippen molar-refractivity contribution in [3.8, 4) is 0 Å². The molecule has 2 nitrogen and oxygen atoms in total. The van der Waals surface area contributed by atoms with Gasteiger partial charge in [0.1, 0.15) is 5.38 Å². The molecular formula is C16H22ClNO. The smallest absolute Gasteiger partial charge is 0.245 e. The number of hydrogen-bond donors (Lipinski definition) is 0. The molecule has 0 saturated carbocycles. The number of anilines is 1. The van der Waals surface area contributed by atoms with E-state index < -0.39 is 5.38 Å². The van der Waals surface area contributed by atoms with Crippen LogP contribution in [-0.4, -0.2) is 16.8 Å². The highest BCUT2D eigenvalue weighted by Gasteiger charge is 2.41. The number of nitrogens with zero attached hydrogens (tertiary/aromatic N) is 1. The Bertz CT molecular complexity index is 507. The van der Waals surface area contributed by atoms with Gasteiger partial charge in [-0.15, -0.1) is 11.6 Å². The van der Waals surface area contributed by atoms with E-state index in [9.17, 15) is 4.79 Å². The van der Waals surface area contributed by atoms with Gasteiger partial charge in [0.15, 0.2) is 0 Å². The van der Waals surface area contributed by atoms with E-state index in [1.54, 1.807) is 6.92 Å². The molecule has 1 heterocycles. The van der Waals surface area contributed by atoms with Crippen LogP contribution in [0.15, 0.2) is 18.2 Å². The number of rotatable bonds is 1. The van der Waals surface area contributed by atoms with Gasteiger partial charge < -0.3 is 4.90 Å². The minimum absolute atomic E-state index is 0.00545. The normalized spacial score (nSPS) is 22.8. The number of hydrogen-bond acceptors (Lipinski definition) is 1. The molecule has 0 saturated heterocycles. The molecule has 0 radical (unpaired) electrons. The van der Waals surface area contributed by atoms with Gasteiger partial charge in [-0.05, 0) is 51.2 Å². The van der Waals surface area contributed by atoms with Gasteiger partial charge in [0.2, 0.25) is 5.91 Å². The Morgan fingerprint density at radius 3 is 2.68 bits per heavy atom. The van der Waals surface area contributed by atoms with Gasteiger partial charge in [0.05, 0.1) is 5.69 Å². The van der Waals surface area contributed by atoms with Crippen LogP contribution in [0.5, 0.6) is 0 Å². The predicted octanol–water partition coefficient (Wildman–Crippen LogP) is 4.24. The van der Waals surface area contributed by atoms with Gasteiger partial charge in [-0.25, -0.2) is 0 Å². The lowest BCUT2D eigenvalue weighted by Gasteiger charge is -2.47. The number of para-hydroxylation sites is 1. The van der Waals surface area contributed by atoms with Crippen molar-refractivity contribution >= 4 is 23.2 Å². The number of carbonyl (C=O) groups is 1. The lowest BCUT2D eigenvalue weighted by molar-refractivity contribution is -0.119. The molecule has 0 spiro atoms. The van der Waals surface area contributed by atoms with Crippen LogP contribution in [0.2, 0.25) is 0 Å². The maximum absolute atomic E-state index is 12.5. The van der Waals surface area contributed by atoms with Crippen LogP contribution in [0.3, 0.4) is 0 Å². The number of halogens is 1. The summed E-state index contributed by atoms with van der Waals surface area (Å²) < 4.78 is 0. The van der Waals surface area contributed by atoms with Crippen LogP contribution in [0.25, 0.3) is 0 Å². The highest BCUT2D eigenvalue weighted by atomic mass is 35.5. The Kier molecular flexibility index (Phi) is 3.65. The Morgan fingerprint density at radius 2 is 2.11 bits per heavy atom. The van der Waals surface area contributed by atoms with E-state index in [2.05, 4.69) is 45.9 Å². The van der Waals surface area contributed by atoms with Crippen LogP contribution in [0.4, 0.5) is 5.69 Å². The van der Waals surface area contributed by atoms with Crippen molar-refractivity contribution in [1.29, 1.82) is 0 Å². The summed E-state index contributed by atoms with van der Waals surface area (Å²) in [5, 5.41) is -0.500. The molecule has 0 aliphatic carbocycles. The van der Waals surface area contributed by atoms with E-state index in [1.807, 2.05) is 4.90 Å². The first-order valence-electron chi connectivity index (χ1n) is 6.83. The SMILES string of the molecule is Cc1cccc2c1N(C(=O)C(C)Cl)C(C)(C)CC2C. The molecule has 0 aromatic heterocycles. The summed E-state index contributed by atoms with van der Waals surface area (Å²) in [5.41, 5.74) is 3.26. The van der Waals surface area contributed by atoms with E-state index in [4.69, 9.17) is 11.6 Å². The summed E-state index contributed by atoms with van der Waals surface area (Å²) in [6, 6.07) is 6.25. The second kappa shape index (κ2) is 4.82. The molecule has 2 unspecified atom stereocenters. The van der Waals surface area contributed by atoms with Gasteiger partial charge in [-0.3, -0.25) is 4.79 Å². The monoisotopic (exact) mass is 279 g/mol. The molecule has 2 atom stereocenters. The van der Waals surface area contributed by atoms with Gasteiger partial charge >= 0.3 is 0 Å². The van der Waals surface area contributed by atoms with Gasteiger partial charge in [0, 0.05) is 5.54 Å². The van der Waals surface area contributed by atoms with Gasteiger partial charge in [0.25, 0.3) is 0 Å². The molecule has 0 N–H and O–H groups in total. The van der Waals surface area contributed by atoms with Crippen molar-refractivity contribution in [2.45, 2.75) is 57.9 Å². The van der Waals surface area contributed by atoms with E-state index in [0.717, 1.165) is 17.7 Å². The zero-order valence-corrected chi connectivity index (χ0v) is 13.1. The van der Waals surface area contributed by atoms with Crippen molar-refractivity contribution in [1.82, 2.24) is 0 Å². The van der Waals surface area contributed by atoms with Crippen LogP contribution in [0, 0.1) is 6.92 Å². The largest absolute Gasteiger partial charge is 0.305 e. The van der Waals surface area contributed by atoms with Crippen LogP contribution >= 0.6 is 11.6 Å². The number of fused-ring (bicyclic) bond motifs is 1. The minimum Gasteiger partial charge on any atom is -0.305 e. The summed E-state index contributed by atoms with van der Waals surface area (Å²) in [6.07, 6.45) is 0.957. The second-order valence-corrected chi connectivity index (χ2v) is 6.87. The number of alkyl halides is 1. The molecule has 1 aliphatic heterocycles. The van der Waals surface area contributed by atoms with Crippen molar-refractivity contribution in [2.75, 3.05) is 4.90 Å². The van der Waals surface area contributed by atoms with Crippen LogP contribution < -0.4 is 4.90 Å². The van der Waals surface area contributed by atoms with Crippen molar-refractivity contribution in [3.05, 3.63) is 29.3 Å². The fourth-order valence-electron chi connectivity index (χ4n) is 3.22. The first kappa shape index (κ1) is 14.4. The van der Waals surface area contributed by atoms with E-state index in [1.165, 1.54) is 5.56 Å². The number of benzene rings is 1. The van der Waals surface area contributed by atoms with Crippen LogP contribution in [0.1, 0.15) is 51.2 Å². The molecule has 0 fully saturated rings. The average molecular weight is 280 g/mol. The molecular weight excluding hydrogens is 258 g/mol. The third-order valence-corrected chi connectivity index (χ3v) is 4.18. The summed E-state index contributed by atoms with van der Waals surface area (Å²) in [5.74, 6) is 0.452. The van der Waals surface area contributed by atoms with E-state index in [0.29, 0.717) is 5.92 Å². The average Bonchev–Trinajstić information content (AvgIpc) is 2.29. The zero-order chi connectivity index (χ0) is 14.4. The molecule has 104 valence electrons. The van der Waals surface area contributed by atoms with E-state index >= 15 is 0 Å². The van der Waals surface area contributed by atoms with Crippen molar-refractivity contribution in [2.24, 2.45) is 0 Å². The molecule has 2 rings (SSSR count). The number of aryl methyl sites for hydroxylation is 1. The third kappa shape index (κ3) is 2.38. The predicted molar refractivity (Wildman–Crippen MR) is 81.1 cm³/mol. The first-order chi connectivity index (χ1) is 8.75. The maximum atomic E-state index is 12.5. The molecule has 0 bridgehead atoms. The molecule has 1 amide bonds. The quantitative estimate of drug-likeness (QED) is 0.704. The fraction of sp³-hybridized carbons (Fsp3) is 0.562. The lowest BCUT2D eigenvalue weighted by atomic mass is 9.79. The van der Waals surface area contributed by atoms with Gasteiger partial charge in [-0.2, -0.15) is 0 Å². The van der Waals surface area contributed by atoms with Crippen LogP contribution in [-0.2, 0) is 4.79 Å². The summed E-state index contributed by atoms with van der Waals surface area (Å²) in [4.78, 5) is 14.4. The highest BCUT2D eigenvalue weighted by molar-refractivity contribution is 6.32. The topological polar surface area (TPSA) is 20.3 Å². The first-order valence-corrected chi connectivity index (χ1v) is 7.27. The lowest BCUT2D eigenvalue weighted by Crippen LogP contribution is -2.54. The minimum atomic E-state index is -0.500. The van der Waals surface area contributed by atoms with Crippen molar-refractivity contribution in [3.63, 3.8) is 0 Å². The summed E-state index contributed by atoms with van der Waals surface area (Å²) >= 11 is 6.05. The Balaban J connectivity index is 2.64. The molecule has 1 aliphatic rings. The number of carbonyl (C=O) groups excluding carboxylic acids is 1. The molecule has 1 aromatic rings. The zero-order valence-electron chi connectivity index (χ0n) is 12.3. The Hall–Kier alpha value is -1.02. The summed E-state index contributed by atoms with van der Waals surface area (Å²) in [7, 11) is 0. The Labute approximate surface area is 120 Å². The van der Waals surface area contributed by atoms with E-state index in [-0.39, 0.29) is 11.4 Å². The standard InChI is InChI=1S/C16H22ClNO/c1-10-7-6-8-13-11(2)9-16(4,5)18(14(10)13)15(19)12(3)17/h6-8,11-12H,9H2,1-5H3.